The second kappa shape index (κ2) is 10.5. The van der Waals surface area contributed by atoms with E-state index in [0.29, 0.717) is 31.7 Å². The molecule has 0 saturated carbocycles. The lowest BCUT2D eigenvalue weighted by atomic mass is 10.1. The monoisotopic (exact) mass is 369 g/mol. The van der Waals surface area contributed by atoms with Crippen LogP contribution in [0.3, 0.4) is 0 Å². The third-order valence-electron chi connectivity index (χ3n) is 4.11. The van der Waals surface area contributed by atoms with Gasteiger partial charge in [0.25, 0.3) is 5.91 Å². The van der Waals surface area contributed by atoms with Gasteiger partial charge in [-0.15, -0.1) is 0 Å². The molecule has 0 heterocycles. The van der Waals surface area contributed by atoms with Crippen molar-refractivity contribution in [3.8, 4) is 0 Å². The number of hydrogen-bond donors (Lipinski definition) is 1. The normalized spacial score (nSPS) is 10.8. The second-order valence-corrected chi connectivity index (χ2v) is 6.77. The zero-order valence-electron chi connectivity index (χ0n) is 15.9. The number of benzene rings is 2. The first-order valence-electron chi connectivity index (χ1n) is 9.21. The molecule has 144 valence electrons. The van der Waals surface area contributed by atoms with Crippen LogP contribution < -0.4 is 0 Å². The fourth-order valence-corrected chi connectivity index (χ4v) is 2.67. The van der Waals surface area contributed by atoms with Crippen LogP contribution in [-0.4, -0.2) is 34.5 Å². The Bertz CT molecular complexity index is 726. The number of amides is 1. The summed E-state index contributed by atoms with van der Waals surface area (Å²) in [7, 11) is 0. The van der Waals surface area contributed by atoms with E-state index in [1.165, 1.54) is 0 Å². The van der Waals surface area contributed by atoms with Gasteiger partial charge in [-0.25, -0.2) is 0 Å². The van der Waals surface area contributed by atoms with Crippen molar-refractivity contribution in [2.45, 2.75) is 45.9 Å². The largest absolute Gasteiger partial charge is 0.481 e. The smallest absolute Gasteiger partial charge is 0.303 e. The molecule has 0 saturated heterocycles. The van der Waals surface area contributed by atoms with Gasteiger partial charge in [-0.1, -0.05) is 42.5 Å². The van der Waals surface area contributed by atoms with E-state index in [9.17, 15) is 9.59 Å². The zero-order chi connectivity index (χ0) is 19.6. The van der Waals surface area contributed by atoms with Gasteiger partial charge in [-0.2, -0.15) is 0 Å². The Morgan fingerprint density at radius 3 is 2.26 bits per heavy atom. The summed E-state index contributed by atoms with van der Waals surface area (Å²) < 4.78 is 5.58. The summed E-state index contributed by atoms with van der Waals surface area (Å²) in [5, 5.41) is 8.88. The van der Waals surface area contributed by atoms with Crippen molar-refractivity contribution in [3.63, 3.8) is 0 Å². The van der Waals surface area contributed by atoms with Crippen LogP contribution in [0.4, 0.5) is 0 Å². The van der Waals surface area contributed by atoms with E-state index in [-0.39, 0.29) is 18.4 Å². The van der Waals surface area contributed by atoms with Gasteiger partial charge < -0.3 is 14.7 Å². The zero-order valence-corrected chi connectivity index (χ0v) is 15.9. The summed E-state index contributed by atoms with van der Waals surface area (Å²) in [6.07, 6.45) is 0.625. The number of carboxylic acid groups (broad SMARTS) is 1. The Balaban J connectivity index is 2.08. The summed E-state index contributed by atoms with van der Waals surface area (Å²) in [6.45, 7) is 5.33. The molecule has 1 amide bonds. The van der Waals surface area contributed by atoms with Crippen LogP contribution in [0.5, 0.6) is 0 Å². The van der Waals surface area contributed by atoms with Gasteiger partial charge >= 0.3 is 5.97 Å². The molecule has 2 rings (SSSR count). The fourth-order valence-electron chi connectivity index (χ4n) is 2.67. The van der Waals surface area contributed by atoms with Gasteiger partial charge in [0.15, 0.2) is 0 Å². The molecule has 0 fully saturated rings. The SMILES string of the molecule is CC(C)OCc1ccc(C(=O)N(CCCC(=O)O)Cc2ccccc2)cc1. The molecular weight excluding hydrogens is 342 g/mol. The highest BCUT2D eigenvalue weighted by Gasteiger charge is 2.16. The van der Waals surface area contributed by atoms with Gasteiger partial charge in [-0.3, -0.25) is 9.59 Å². The molecule has 5 nitrogen and oxygen atoms in total. The molecular formula is C22H27NO4. The molecule has 27 heavy (non-hydrogen) atoms. The minimum absolute atomic E-state index is 0.0457. The number of ether oxygens (including phenoxy) is 1. The number of carbonyl (C=O) groups excluding carboxylic acids is 1. The minimum Gasteiger partial charge on any atom is -0.481 e. The third-order valence-corrected chi connectivity index (χ3v) is 4.11. The Morgan fingerprint density at radius 2 is 1.67 bits per heavy atom. The second-order valence-electron chi connectivity index (χ2n) is 6.77. The van der Waals surface area contributed by atoms with Crippen molar-refractivity contribution < 1.29 is 19.4 Å². The van der Waals surface area contributed by atoms with E-state index in [1.807, 2.05) is 56.3 Å². The summed E-state index contributed by atoms with van der Waals surface area (Å²) in [5.41, 5.74) is 2.62. The predicted octanol–water partition coefficient (Wildman–Crippen LogP) is 4.12. The lowest BCUT2D eigenvalue weighted by molar-refractivity contribution is -0.137. The van der Waals surface area contributed by atoms with Crippen LogP contribution in [0, 0.1) is 0 Å². The maximum Gasteiger partial charge on any atom is 0.303 e. The number of carbonyl (C=O) groups is 2. The van der Waals surface area contributed by atoms with Crippen LogP contribution in [0.15, 0.2) is 54.6 Å². The Morgan fingerprint density at radius 1 is 1.00 bits per heavy atom. The molecule has 0 aliphatic carbocycles. The van der Waals surface area contributed by atoms with Crippen molar-refractivity contribution in [2.75, 3.05) is 6.54 Å². The maximum absolute atomic E-state index is 12.9. The topological polar surface area (TPSA) is 66.8 Å². The molecule has 0 bridgehead atoms. The molecule has 0 unspecified atom stereocenters. The average molecular weight is 369 g/mol. The molecule has 5 heteroatoms. The number of rotatable bonds is 10. The Labute approximate surface area is 160 Å². The fraction of sp³-hybridized carbons (Fsp3) is 0.364. The first-order valence-corrected chi connectivity index (χ1v) is 9.21. The first kappa shape index (κ1) is 20.6. The number of nitrogens with zero attached hydrogens (tertiary/aromatic N) is 1. The van der Waals surface area contributed by atoms with Gasteiger partial charge in [0, 0.05) is 25.1 Å². The van der Waals surface area contributed by atoms with Crippen LogP contribution in [0.1, 0.15) is 48.2 Å². The van der Waals surface area contributed by atoms with Crippen molar-refractivity contribution in [1.29, 1.82) is 0 Å². The van der Waals surface area contributed by atoms with Crippen LogP contribution in [0.2, 0.25) is 0 Å². The summed E-state index contributed by atoms with van der Waals surface area (Å²) in [5.74, 6) is -0.947. The van der Waals surface area contributed by atoms with Crippen LogP contribution in [-0.2, 0) is 22.7 Å². The van der Waals surface area contributed by atoms with E-state index >= 15 is 0 Å². The maximum atomic E-state index is 12.9. The molecule has 0 aromatic heterocycles. The van der Waals surface area contributed by atoms with Crippen LogP contribution in [0.25, 0.3) is 0 Å². The molecule has 0 radical (unpaired) electrons. The lowest BCUT2D eigenvalue weighted by Crippen LogP contribution is -2.31. The molecule has 2 aromatic carbocycles. The molecule has 0 aliphatic rings. The number of hydrogen-bond acceptors (Lipinski definition) is 3. The molecule has 0 aliphatic heterocycles. The predicted molar refractivity (Wildman–Crippen MR) is 104 cm³/mol. The van der Waals surface area contributed by atoms with Gasteiger partial charge in [0.2, 0.25) is 0 Å². The van der Waals surface area contributed by atoms with E-state index in [2.05, 4.69) is 0 Å². The lowest BCUT2D eigenvalue weighted by Gasteiger charge is -2.23. The van der Waals surface area contributed by atoms with E-state index in [4.69, 9.17) is 9.84 Å². The highest BCUT2D eigenvalue weighted by Crippen LogP contribution is 2.13. The van der Waals surface area contributed by atoms with E-state index in [1.54, 1.807) is 17.0 Å². The van der Waals surface area contributed by atoms with Crippen molar-refractivity contribution in [2.24, 2.45) is 0 Å². The first-order chi connectivity index (χ1) is 13.0. The quantitative estimate of drug-likeness (QED) is 0.684. The van der Waals surface area contributed by atoms with Crippen molar-refractivity contribution >= 4 is 11.9 Å². The van der Waals surface area contributed by atoms with Crippen molar-refractivity contribution in [1.82, 2.24) is 4.90 Å². The highest BCUT2D eigenvalue weighted by atomic mass is 16.5. The standard InChI is InChI=1S/C22H27NO4/c1-17(2)27-16-19-10-12-20(13-11-19)22(26)23(14-6-9-21(24)25)15-18-7-4-3-5-8-18/h3-5,7-8,10-13,17H,6,9,14-16H2,1-2H3,(H,24,25). The summed E-state index contributed by atoms with van der Waals surface area (Å²) >= 11 is 0. The third kappa shape index (κ3) is 7.23. The molecule has 0 atom stereocenters. The summed E-state index contributed by atoms with van der Waals surface area (Å²) in [6, 6.07) is 17.1. The highest BCUT2D eigenvalue weighted by molar-refractivity contribution is 5.94. The average Bonchev–Trinajstić information content (AvgIpc) is 2.66. The number of carboxylic acids is 1. The van der Waals surface area contributed by atoms with Crippen LogP contribution >= 0.6 is 0 Å². The van der Waals surface area contributed by atoms with Gasteiger partial charge in [-0.05, 0) is 43.5 Å². The summed E-state index contributed by atoms with van der Waals surface area (Å²) in [4.78, 5) is 25.5. The van der Waals surface area contributed by atoms with E-state index in [0.717, 1.165) is 11.1 Å². The molecule has 1 N–H and O–H groups in total. The van der Waals surface area contributed by atoms with Gasteiger partial charge in [0.05, 0.1) is 12.7 Å². The molecule has 2 aromatic rings. The molecule has 0 spiro atoms. The van der Waals surface area contributed by atoms with E-state index < -0.39 is 5.97 Å². The van der Waals surface area contributed by atoms with Crippen molar-refractivity contribution in [3.05, 3.63) is 71.3 Å². The Hall–Kier alpha value is -2.66. The minimum atomic E-state index is -0.850. The Kier molecular flexibility index (Phi) is 8.01. The van der Waals surface area contributed by atoms with Gasteiger partial charge in [0.1, 0.15) is 0 Å². The number of aliphatic carboxylic acids is 1.